The number of aryl methyl sites for hydroxylation is 3. The lowest BCUT2D eigenvalue weighted by Crippen LogP contribution is -2.01. The molecule has 0 radical (unpaired) electrons. The minimum atomic E-state index is 0.860. The Labute approximate surface area is 117 Å². The van der Waals surface area contributed by atoms with E-state index in [2.05, 4.69) is 78.4 Å². The van der Waals surface area contributed by atoms with Gasteiger partial charge in [-0.1, -0.05) is 40.2 Å². The SMILES string of the molecule is Cc1ccc(C)c(NCc2ccc(Br)c(C)c2)c1. The summed E-state index contributed by atoms with van der Waals surface area (Å²) in [5.74, 6) is 0. The van der Waals surface area contributed by atoms with Gasteiger partial charge < -0.3 is 5.32 Å². The van der Waals surface area contributed by atoms with Gasteiger partial charge in [-0.25, -0.2) is 0 Å². The van der Waals surface area contributed by atoms with Crippen molar-refractivity contribution in [2.75, 3.05) is 5.32 Å². The molecule has 0 spiro atoms. The summed E-state index contributed by atoms with van der Waals surface area (Å²) in [5.41, 5.74) is 6.37. The van der Waals surface area contributed by atoms with Crippen molar-refractivity contribution in [2.24, 2.45) is 0 Å². The molecule has 0 aromatic heterocycles. The summed E-state index contributed by atoms with van der Waals surface area (Å²) in [6.45, 7) is 7.23. The molecule has 0 atom stereocenters. The lowest BCUT2D eigenvalue weighted by molar-refractivity contribution is 1.13. The van der Waals surface area contributed by atoms with E-state index in [0.717, 1.165) is 11.0 Å². The number of benzene rings is 2. The molecule has 1 N–H and O–H groups in total. The third-order valence-electron chi connectivity index (χ3n) is 3.10. The molecule has 0 saturated heterocycles. The van der Waals surface area contributed by atoms with Crippen molar-refractivity contribution in [1.82, 2.24) is 0 Å². The molecule has 2 heteroatoms. The highest BCUT2D eigenvalue weighted by atomic mass is 79.9. The average molecular weight is 304 g/mol. The zero-order chi connectivity index (χ0) is 13.1. The largest absolute Gasteiger partial charge is 0.381 e. The normalized spacial score (nSPS) is 10.4. The zero-order valence-electron chi connectivity index (χ0n) is 11.0. The van der Waals surface area contributed by atoms with Gasteiger partial charge in [-0.3, -0.25) is 0 Å². The second-order valence-corrected chi connectivity index (χ2v) is 5.61. The minimum Gasteiger partial charge on any atom is -0.381 e. The van der Waals surface area contributed by atoms with Gasteiger partial charge in [-0.05, 0) is 55.2 Å². The van der Waals surface area contributed by atoms with Crippen LogP contribution in [0.25, 0.3) is 0 Å². The first-order chi connectivity index (χ1) is 8.56. The molecule has 0 fully saturated rings. The summed E-state index contributed by atoms with van der Waals surface area (Å²) in [6, 6.07) is 13.0. The van der Waals surface area contributed by atoms with Crippen LogP contribution in [0.2, 0.25) is 0 Å². The van der Waals surface area contributed by atoms with Gasteiger partial charge in [-0.2, -0.15) is 0 Å². The first kappa shape index (κ1) is 13.2. The Morgan fingerprint density at radius 3 is 2.44 bits per heavy atom. The number of rotatable bonds is 3. The molecule has 0 saturated carbocycles. The zero-order valence-corrected chi connectivity index (χ0v) is 12.6. The third kappa shape index (κ3) is 3.14. The fraction of sp³-hybridized carbons (Fsp3) is 0.250. The van der Waals surface area contributed by atoms with E-state index in [1.54, 1.807) is 0 Å². The van der Waals surface area contributed by atoms with Gasteiger partial charge in [0, 0.05) is 16.7 Å². The van der Waals surface area contributed by atoms with Crippen LogP contribution in [-0.4, -0.2) is 0 Å². The molecule has 0 aliphatic carbocycles. The van der Waals surface area contributed by atoms with E-state index >= 15 is 0 Å². The van der Waals surface area contributed by atoms with Crippen molar-refractivity contribution in [3.05, 3.63) is 63.1 Å². The van der Waals surface area contributed by atoms with Crippen LogP contribution in [0.4, 0.5) is 5.69 Å². The molecule has 0 amide bonds. The molecular weight excluding hydrogens is 286 g/mol. The van der Waals surface area contributed by atoms with E-state index in [4.69, 9.17) is 0 Å². The monoisotopic (exact) mass is 303 g/mol. The first-order valence-corrected chi connectivity index (χ1v) is 6.92. The highest BCUT2D eigenvalue weighted by molar-refractivity contribution is 9.10. The molecule has 0 bridgehead atoms. The van der Waals surface area contributed by atoms with E-state index in [1.807, 2.05) is 0 Å². The molecule has 18 heavy (non-hydrogen) atoms. The van der Waals surface area contributed by atoms with E-state index < -0.39 is 0 Å². The Kier molecular flexibility index (Phi) is 4.07. The van der Waals surface area contributed by atoms with Crippen molar-refractivity contribution in [1.29, 1.82) is 0 Å². The molecule has 0 aliphatic rings. The van der Waals surface area contributed by atoms with Crippen LogP contribution in [0, 0.1) is 20.8 Å². The van der Waals surface area contributed by atoms with Gasteiger partial charge in [-0.15, -0.1) is 0 Å². The molecule has 94 valence electrons. The van der Waals surface area contributed by atoms with Crippen molar-refractivity contribution in [3.8, 4) is 0 Å². The van der Waals surface area contributed by atoms with E-state index in [9.17, 15) is 0 Å². The number of anilines is 1. The maximum Gasteiger partial charge on any atom is 0.0400 e. The second-order valence-electron chi connectivity index (χ2n) is 4.76. The number of hydrogen-bond acceptors (Lipinski definition) is 1. The summed E-state index contributed by atoms with van der Waals surface area (Å²) in [4.78, 5) is 0. The van der Waals surface area contributed by atoms with Crippen LogP contribution in [-0.2, 0) is 6.54 Å². The van der Waals surface area contributed by atoms with Crippen molar-refractivity contribution < 1.29 is 0 Å². The summed E-state index contributed by atoms with van der Waals surface area (Å²) in [5, 5.41) is 3.50. The molecular formula is C16H18BrN. The minimum absolute atomic E-state index is 0.860. The van der Waals surface area contributed by atoms with Gasteiger partial charge in [0.15, 0.2) is 0 Å². The second kappa shape index (κ2) is 5.57. The fourth-order valence-corrected chi connectivity index (χ4v) is 2.19. The number of halogens is 1. The standard InChI is InChI=1S/C16H18BrN/c1-11-4-5-12(2)16(8-11)18-10-14-6-7-15(17)13(3)9-14/h4-9,18H,10H2,1-3H3. The Balaban J connectivity index is 2.11. The van der Waals surface area contributed by atoms with Gasteiger partial charge in [0.05, 0.1) is 0 Å². The van der Waals surface area contributed by atoms with E-state index in [-0.39, 0.29) is 0 Å². The highest BCUT2D eigenvalue weighted by Crippen LogP contribution is 2.20. The highest BCUT2D eigenvalue weighted by Gasteiger charge is 2.00. The Morgan fingerprint density at radius 1 is 0.944 bits per heavy atom. The van der Waals surface area contributed by atoms with Crippen LogP contribution in [0.5, 0.6) is 0 Å². The summed E-state index contributed by atoms with van der Waals surface area (Å²) < 4.78 is 1.16. The average Bonchev–Trinajstić information content (AvgIpc) is 2.34. The lowest BCUT2D eigenvalue weighted by atomic mass is 10.1. The predicted octanol–water partition coefficient (Wildman–Crippen LogP) is 4.99. The van der Waals surface area contributed by atoms with Crippen molar-refractivity contribution in [3.63, 3.8) is 0 Å². The molecule has 1 nitrogen and oxygen atoms in total. The molecule has 2 rings (SSSR count). The summed E-state index contributed by atoms with van der Waals surface area (Å²) >= 11 is 3.53. The maximum absolute atomic E-state index is 3.53. The summed E-state index contributed by atoms with van der Waals surface area (Å²) in [6.07, 6.45) is 0. The quantitative estimate of drug-likeness (QED) is 0.842. The van der Waals surface area contributed by atoms with E-state index in [0.29, 0.717) is 0 Å². The van der Waals surface area contributed by atoms with Crippen molar-refractivity contribution in [2.45, 2.75) is 27.3 Å². The smallest absolute Gasteiger partial charge is 0.0400 e. The lowest BCUT2D eigenvalue weighted by Gasteiger charge is -2.11. The molecule has 0 aliphatic heterocycles. The summed E-state index contributed by atoms with van der Waals surface area (Å²) in [7, 11) is 0. The van der Waals surface area contributed by atoms with Crippen LogP contribution >= 0.6 is 15.9 Å². The molecule has 0 heterocycles. The number of hydrogen-bond donors (Lipinski definition) is 1. The maximum atomic E-state index is 3.53. The fourth-order valence-electron chi connectivity index (χ4n) is 1.94. The van der Waals surface area contributed by atoms with Crippen LogP contribution in [0.1, 0.15) is 22.3 Å². The van der Waals surface area contributed by atoms with Crippen LogP contribution in [0.3, 0.4) is 0 Å². The van der Waals surface area contributed by atoms with Gasteiger partial charge in [0.1, 0.15) is 0 Å². The third-order valence-corrected chi connectivity index (χ3v) is 3.99. The Bertz CT molecular complexity index is 561. The van der Waals surface area contributed by atoms with Crippen molar-refractivity contribution >= 4 is 21.6 Å². The Hall–Kier alpha value is -1.28. The van der Waals surface area contributed by atoms with E-state index in [1.165, 1.54) is 27.9 Å². The van der Waals surface area contributed by atoms with Gasteiger partial charge in [0.25, 0.3) is 0 Å². The Morgan fingerprint density at radius 2 is 1.72 bits per heavy atom. The number of nitrogens with one attached hydrogen (secondary N) is 1. The van der Waals surface area contributed by atoms with Gasteiger partial charge >= 0.3 is 0 Å². The van der Waals surface area contributed by atoms with Gasteiger partial charge in [0.2, 0.25) is 0 Å². The molecule has 2 aromatic carbocycles. The van der Waals surface area contributed by atoms with Crippen LogP contribution in [0.15, 0.2) is 40.9 Å². The molecule has 2 aromatic rings. The van der Waals surface area contributed by atoms with Crippen LogP contribution < -0.4 is 5.32 Å². The topological polar surface area (TPSA) is 12.0 Å². The predicted molar refractivity (Wildman–Crippen MR) is 82.1 cm³/mol. The first-order valence-electron chi connectivity index (χ1n) is 6.12. The molecule has 0 unspecified atom stereocenters.